The molecule has 1 amide bonds. The number of nitrogens with one attached hydrogen (secondary N) is 1. The average Bonchev–Trinajstić information content (AvgIpc) is 2.73. The van der Waals surface area contributed by atoms with Gasteiger partial charge in [0.25, 0.3) is 5.91 Å². The Labute approximate surface area is 176 Å². The standard InChI is InChI=1S/C24H27N3O3/c1-26(2)21(17-10-11-20-16(13-17)8-6-12-27(20)3)15-25-23(28)19-14-18-7-4-5-9-22(18)30-24(19)29/h4-5,7,9-11,13-14,21H,6,8,12,15H2,1-3H3,(H,25,28). The van der Waals surface area contributed by atoms with Gasteiger partial charge in [0.05, 0.1) is 6.04 Å². The molecule has 0 aliphatic carbocycles. The molecule has 3 aromatic rings. The largest absolute Gasteiger partial charge is 0.422 e. The predicted molar refractivity (Wildman–Crippen MR) is 119 cm³/mol. The predicted octanol–water partition coefficient (Wildman–Crippen LogP) is 3.21. The number of nitrogens with zero attached hydrogens (tertiary/aromatic N) is 2. The maximum Gasteiger partial charge on any atom is 0.349 e. The van der Waals surface area contributed by atoms with Crippen molar-refractivity contribution in [3.05, 3.63) is 75.6 Å². The number of benzene rings is 2. The summed E-state index contributed by atoms with van der Waals surface area (Å²) < 4.78 is 5.29. The summed E-state index contributed by atoms with van der Waals surface area (Å²) in [6, 6.07) is 15.3. The Morgan fingerprint density at radius 2 is 2.00 bits per heavy atom. The van der Waals surface area contributed by atoms with Crippen LogP contribution in [-0.4, -0.2) is 45.0 Å². The Hall–Kier alpha value is -3.12. The number of likely N-dealkylation sites (N-methyl/N-ethyl adjacent to an activating group) is 1. The number of carbonyl (C=O) groups excluding carboxylic acids is 1. The van der Waals surface area contributed by atoms with E-state index in [1.807, 2.05) is 26.2 Å². The first-order valence-corrected chi connectivity index (χ1v) is 10.3. The van der Waals surface area contributed by atoms with Crippen molar-refractivity contribution < 1.29 is 9.21 Å². The van der Waals surface area contributed by atoms with Gasteiger partial charge in [-0.2, -0.15) is 0 Å². The van der Waals surface area contributed by atoms with Gasteiger partial charge in [-0.3, -0.25) is 4.79 Å². The number of anilines is 1. The molecule has 2 aromatic carbocycles. The van der Waals surface area contributed by atoms with Crippen LogP contribution >= 0.6 is 0 Å². The van der Waals surface area contributed by atoms with Crippen molar-refractivity contribution in [3.8, 4) is 0 Å². The van der Waals surface area contributed by atoms with E-state index in [0.29, 0.717) is 12.1 Å². The van der Waals surface area contributed by atoms with Crippen molar-refractivity contribution >= 4 is 22.6 Å². The molecule has 30 heavy (non-hydrogen) atoms. The second kappa shape index (κ2) is 8.32. The summed E-state index contributed by atoms with van der Waals surface area (Å²) >= 11 is 0. The van der Waals surface area contributed by atoms with Gasteiger partial charge in [0, 0.05) is 31.2 Å². The van der Waals surface area contributed by atoms with Crippen LogP contribution in [0.2, 0.25) is 0 Å². The van der Waals surface area contributed by atoms with Crippen molar-refractivity contribution in [1.29, 1.82) is 0 Å². The van der Waals surface area contributed by atoms with E-state index in [4.69, 9.17) is 4.42 Å². The monoisotopic (exact) mass is 405 g/mol. The number of carbonyl (C=O) groups is 1. The lowest BCUT2D eigenvalue weighted by Crippen LogP contribution is -2.36. The number of hydrogen-bond acceptors (Lipinski definition) is 5. The Morgan fingerprint density at radius 1 is 1.20 bits per heavy atom. The van der Waals surface area contributed by atoms with E-state index < -0.39 is 11.5 Å². The van der Waals surface area contributed by atoms with Crippen LogP contribution in [0.25, 0.3) is 11.0 Å². The lowest BCUT2D eigenvalue weighted by Gasteiger charge is -2.30. The summed E-state index contributed by atoms with van der Waals surface area (Å²) in [5, 5.41) is 3.65. The first-order chi connectivity index (χ1) is 14.4. The lowest BCUT2D eigenvalue weighted by molar-refractivity contribution is 0.0938. The number of hydrogen-bond donors (Lipinski definition) is 1. The second-order valence-electron chi connectivity index (χ2n) is 8.09. The van der Waals surface area contributed by atoms with E-state index in [-0.39, 0.29) is 11.6 Å². The van der Waals surface area contributed by atoms with Gasteiger partial charge in [-0.15, -0.1) is 0 Å². The molecule has 1 atom stereocenters. The summed E-state index contributed by atoms with van der Waals surface area (Å²) in [5.74, 6) is -0.418. The average molecular weight is 405 g/mol. The molecule has 0 bridgehead atoms. The highest BCUT2D eigenvalue weighted by atomic mass is 16.4. The number of aryl methyl sites for hydroxylation is 1. The minimum atomic E-state index is -0.621. The van der Waals surface area contributed by atoms with Crippen molar-refractivity contribution in [3.63, 3.8) is 0 Å². The zero-order chi connectivity index (χ0) is 21.3. The van der Waals surface area contributed by atoms with Crippen LogP contribution in [0, 0.1) is 0 Å². The molecule has 156 valence electrons. The third-order valence-electron chi connectivity index (χ3n) is 5.80. The van der Waals surface area contributed by atoms with Crippen LogP contribution in [0.4, 0.5) is 5.69 Å². The van der Waals surface area contributed by atoms with Crippen LogP contribution in [0.3, 0.4) is 0 Å². The molecule has 2 heterocycles. The smallest absolute Gasteiger partial charge is 0.349 e. The highest BCUT2D eigenvalue weighted by Gasteiger charge is 2.21. The zero-order valence-corrected chi connectivity index (χ0v) is 17.6. The molecule has 0 saturated carbocycles. The molecule has 1 unspecified atom stereocenters. The topological polar surface area (TPSA) is 65.8 Å². The van der Waals surface area contributed by atoms with Gasteiger partial charge in [0.1, 0.15) is 11.1 Å². The summed E-state index contributed by atoms with van der Waals surface area (Å²) in [7, 11) is 6.11. The Morgan fingerprint density at radius 3 is 2.80 bits per heavy atom. The van der Waals surface area contributed by atoms with Crippen LogP contribution in [0.5, 0.6) is 0 Å². The lowest BCUT2D eigenvalue weighted by atomic mass is 9.96. The molecule has 0 fully saturated rings. The van der Waals surface area contributed by atoms with E-state index in [0.717, 1.165) is 30.3 Å². The number of amides is 1. The summed E-state index contributed by atoms with van der Waals surface area (Å²) in [6.45, 7) is 1.47. The van der Waals surface area contributed by atoms with Crippen LogP contribution in [-0.2, 0) is 6.42 Å². The Bertz CT molecular complexity index is 1140. The van der Waals surface area contributed by atoms with Gasteiger partial charge in [0.15, 0.2) is 0 Å². The molecular weight excluding hydrogens is 378 g/mol. The van der Waals surface area contributed by atoms with Gasteiger partial charge >= 0.3 is 5.63 Å². The minimum Gasteiger partial charge on any atom is -0.422 e. The fourth-order valence-electron chi connectivity index (χ4n) is 4.12. The van der Waals surface area contributed by atoms with Crippen LogP contribution in [0.1, 0.15) is 33.9 Å². The fraction of sp³-hybridized carbons (Fsp3) is 0.333. The van der Waals surface area contributed by atoms with Gasteiger partial charge in [-0.05, 0) is 56.3 Å². The number of fused-ring (bicyclic) bond motifs is 2. The van der Waals surface area contributed by atoms with Gasteiger partial charge < -0.3 is 19.5 Å². The molecule has 6 heteroatoms. The number of rotatable bonds is 5. The van der Waals surface area contributed by atoms with Gasteiger partial charge in [-0.25, -0.2) is 4.79 Å². The second-order valence-corrected chi connectivity index (χ2v) is 8.09. The third-order valence-corrected chi connectivity index (χ3v) is 5.80. The van der Waals surface area contributed by atoms with Crippen molar-refractivity contribution in [2.75, 3.05) is 39.1 Å². The van der Waals surface area contributed by atoms with E-state index in [1.165, 1.54) is 11.3 Å². The van der Waals surface area contributed by atoms with E-state index in [2.05, 4.69) is 40.4 Å². The highest BCUT2D eigenvalue weighted by Crippen LogP contribution is 2.30. The molecule has 0 radical (unpaired) electrons. The molecule has 4 rings (SSSR count). The van der Waals surface area contributed by atoms with E-state index >= 15 is 0 Å². The molecule has 1 aliphatic heterocycles. The van der Waals surface area contributed by atoms with Crippen LogP contribution in [0.15, 0.2) is 57.7 Å². The number of para-hydroxylation sites is 1. The minimum absolute atomic E-state index is 0.000945. The fourth-order valence-corrected chi connectivity index (χ4v) is 4.12. The summed E-state index contributed by atoms with van der Waals surface area (Å²) in [5.41, 5.74) is 3.65. The normalized spacial score (nSPS) is 14.6. The van der Waals surface area contributed by atoms with Crippen molar-refractivity contribution in [2.45, 2.75) is 18.9 Å². The first kappa shape index (κ1) is 20.2. The molecule has 1 aromatic heterocycles. The molecule has 1 aliphatic rings. The zero-order valence-electron chi connectivity index (χ0n) is 17.6. The maximum absolute atomic E-state index is 12.7. The first-order valence-electron chi connectivity index (χ1n) is 10.3. The quantitative estimate of drug-likeness (QED) is 0.661. The van der Waals surface area contributed by atoms with Gasteiger partial charge in [-0.1, -0.05) is 30.3 Å². The molecule has 0 saturated heterocycles. The highest BCUT2D eigenvalue weighted by molar-refractivity contribution is 5.96. The van der Waals surface area contributed by atoms with Gasteiger partial charge in [0.2, 0.25) is 0 Å². The SMILES string of the molecule is CN1CCCc2cc(C(CNC(=O)c3cc4ccccc4oc3=O)N(C)C)ccc21. The summed E-state index contributed by atoms with van der Waals surface area (Å²) in [4.78, 5) is 29.4. The van der Waals surface area contributed by atoms with Crippen molar-refractivity contribution in [2.24, 2.45) is 0 Å². The van der Waals surface area contributed by atoms with Crippen LogP contribution < -0.4 is 15.8 Å². The molecule has 6 nitrogen and oxygen atoms in total. The third kappa shape index (κ3) is 3.96. The van der Waals surface area contributed by atoms with E-state index in [1.54, 1.807) is 18.2 Å². The molecule has 0 spiro atoms. The van der Waals surface area contributed by atoms with E-state index in [9.17, 15) is 9.59 Å². The summed E-state index contributed by atoms with van der Waals surface area (Å²) in [6.07, 6.45) is 2.21. The Balaban J connectivity index is 1.54. The van der Waals surface area contributed by atoms with Crippen molar-refractivity contribution in [1.82, 2.24) is 10.2 Å². The Kier molecular flexibility index (Phi) is 5.59. The maximum atomic E-state index is 12.7. The molecular formula is C24H27N3O3. The molecule has 1 N–H and O–H groups in total.